The topological polar surface area (TPSA) is 41.1 Å². The van der Waals surface area contributed by atoms with Crippen molar-refractivity contribution >= 4 is 5.91 Å². The molecule has 2 atom stereocenters. The summed E-state index contributed by atoms with van der Waals surface area (Å²) in [7, 11) is 0. The van der Waals surface area contributed by atoms with Gasteiger partial charge in [-0.1, -0.05) is 0 Å². The molecule has 2 rings (SSSR count). The zero-order chi connectivity index (χ0) is 14.0. The van der Waals surface area contributed by atoms with Gasteiger partial charge in [0.15, 0.2) is 0 Å². The first-order valence-corrected chi connectivity index (χ1v) is 6.15. The fraction of sp³-hybridized carbons (Fsp3) is 0.462. The van der Waals surface area contributed by atoms with Crippen LogP contribution in [0.25, 0.3) is 0 Å². The van der Waals surface area contributed by atoms with E-state index in [2.05, 4.69) is 10.6 Å². The van der Waals surface area contributed by atoms with Gasteiger partial charge in [0, 0.05) is 18.2 Å². The van der Waals surface area contributed by atoms with Gasteiger partial charge in [-0.25, -0.2) is 13.2 Å². The molecule has 0 aliphatic carbocycles. The molecule has 0 aromatic heterocycles. The van der Waals surface area contributed by atoms with Crippen molar-refractivity contribution in [3.8, 4) is 0 Å². The fourth-order valence-electron chi connectivity index (χ4n) is 2.26. The number of rotatable bonds is 3. The maximum atomic E-state index is 13.4. The van der Waals surface area contributed by atoms with Crippen molar-refractivity contribution in [1.29, 1.82) is 0 Å². The highest BCUT2D eigenvalue weighted by Crippen LogP contribution is 2.17. The van der Waals surface area contributed by atoms with E-state index in [1.54, 1.807) is 6.92 Å². The standard InChI is InChI=1S/C13H15F3N2O/c1-7(8-2-3-17-6-8)18-13(19)12-10(15)4-9(14)5-11(12)16/h4-5,7-8,17H,2-3,6H2,1H3,(H,18,19). The molecule has 0 radical (unpaired) electrons. The van der Waals surface area contributed by atoms with Crippen LogP contribution in [0.5, 0.6) is 0 Å². The van der Waals surface area contributed by atoms with Crippen molar-refractivity contribution in [3.63, 3.8) is 0 Å². The molecule has 0 saturated carbocycles. The summed E-state index contributed by atoms with van der Waals surface area (Å²) in [4.78, 5) is 11.8. The molecule has 1 aliphatic heterocycles. The van der Waals surface area contributed by atoms with Crippen molar-refractivity contribution in [2.45, 2.75) is 19.4 Å². The van der Waals surface area contributed by atoms with Crippen LogP contribution in [0.15, 0.2) is 12.1 Å². The molecule has 1 amide bonds. The summed E-state index contributed by atoms with van der Waals surface area (Å²) in [6.07, 6.45) is 0.899. The molecule has 1 aliphatic rings. The Morgan fingerprint density at radius 1 is 1.37 bits per heavy atom. The summed E-state index contributed by atoms with van der Waals surface area (Å²) in [6, 6.07) is 0.797. The molecular weight excluding hydrogens is 257 g/mol. The van der Waals surface area contributed by atoms with Crippen LogP contribution in [0.1, 0.15) is 23.7 Å². The zero-order valence-corrected chi connectivity index (χ0v) is 10.5. The lowest BCUT2D eigenvalue weighted by Gasteiger charge is -2.20. The summed E-state index contributed by atoms with van der Waals surface area (Å²) in [5, 5.41) is 5.71. The van der Waals surface area contributed by atoms with Gasteiger partial charge in [0.1, 0.15) is 23.0 Å². The van der Waals surface area contributed by atoms with Crippen LogP contribution in [0, 0.1) is 23.4 Å². The van der Waals surface area contributed by atoms with Gasteiger partial charge in [0.05, 0.1) is 0 Å². The number of carbonyl (C=O) groups excluding carboxylic acids is 1. The largest absolute Gasteiger partial charge is 0.349 e. The first kappa shape index (κ1) is 13.9. The molecule has 104 valence electrons. The highest BCUT2D eigenvalue weighted by atomic mass is 19.1. The molecule has 1 aromatic rings. The summed E-state index contributed by atoms with van der Waals surface area (Å²) in [5.74, 6) is -4.04. The SMILES string of the molecule is CC(NC(=O)c1c(F)cc(F)cc1F)C1CCNC1. The Balaban J connectivity index is 2.11. The number of benzene rings is 1. The van der Waals surface area contributed by atoms with Crippen LogP contribution in [0.3, 0.4) is 0 Å². The van der Waals surface area contributed by atoms with E-state index < -0.39 is 28.9 Å². The minimum Gasteiger partial charge on any atom is -0.349 e. The second-order valence-corrected chi connectivity index (χ2v) is 4.76. The molecule has 1 saturated heterocycles. The van der Waals surface area contributed by atoms with Gasteiger partial charge in [-0.2, -0.15) is 0 Å². The van der Waals surface area contributed by atoms with Crippen LogP contribution < -0.4 is 10.6 Å². The number of halogens is 3. The molecule has 19 heavy (non-hydrogen) atoms. The second kappa shape index (κ2) is 5.61. The maximum absolute atomic E-state index is 13.4. The monoisotopic (exact) mass is 272 g/mol. The molecule has 6 heteroatoms. The molecule has 0 spiro atoms. The number of amides is 1. The third kappa shape index (κ3) is 3.07. The Morgan fingerprint density at radius 3 is 2.53 bits per heavy atom. The minimum absolute atomic E-state index is 0.202. The van der Waals surface area contributed by atoms with Gasteiger partial charge >= 0.3 is 0 Å². The van der Waals surface area contributed by atoms with Crippen molar-refractivity contribution in [1.82, 2.24) is 10.6 Å². The summed E-state index contributed by atoms with van der Waals surface area (Å²) in [5.41, 5.74) is -0.737. The Labute approximate surface area is 109 Å². The fourth-order valence-corrected chi connectivity index (χ4v) is 2.26. The number of hydrogen-bond donors (Lipinski definition) is 2. The Kier molecular flexibility index (Phi) is 4.09. The lowest BCUT2D eigenvalue weighted by molar-refractivity contribution is 0.0920. The molecule has 3 nitrogen and oxygen atoms in total. The molecule has 1 fully saturated rings. The summed E-state index contributed by atoms with van der Waals surface area (Å²) >= 11 is 0. The minimum atomic E-state index is -1.19. The van der Waals surface area contributed by atoms with Crippen molar-refractivity contribution < 1.29 is 18.0 Å². The highest BCUT2D eigenvalue weighted by molar-refractivity contribution is 5.94. The van der Waals surface area contributed by atoms with Crippen molar-refractivity contribution in [3.05, 3.63) is 35.1 Å². The van der Waals surface area contributed by atoms with E-state index in [4.69, 9.17) is 0 Å². The lowest BCUT2D eigenvalue weighted by atomic mass is 10.00. The van der Waals surface area contributed by atoms with E-state index in [0.29, 0.717) is 12.1 Å². The van der Waals surface area contributed by atoms with Gasteiger partial charge in [-0.15, -0.1) is 0 Å². The number of hydrogen-bond acceptors (Lipinski definition) is 2. The molecule has 1 heterocycles. The van der Waals surface area contributed by atoms with E-state index in [0.717, 1.165) is 19.5 Å². The van der Waals surface area contributed by atoms with Gasteiger partial charge in [0.25, 0.3) is 5.91 Å². The van der Waals surface area contributed by atoms with Crippen LogP contribution in [-0.2, 0) is 0 Å². The van der Waals surface area contributed by atoms with Crippen LogP contribution in [0.4, 0.5) is 13.2 Å². The smallest absolute Gasteiger partial charge is 0.257 e. The van der Waals surface area contributed by atoms with Crippen molar-refractivity contribution in [2.75, 3.05) is 13.1 Å². The average Bonchev–Trinajstić information content (AvgIpc) is 2.80. The van der Waals surface area contributed by atoms with Gasteiger partial charge in [0.2, 0.25) is 0 Å². The normalized spacial score (nSPS) is 20.3. The second-order valence-electron chi connectivity index (χ2n) is 4.76. The molecule has 0 bridgehead atoms. The lowest BCUT2D eigenvalue weighted by Crippen LogP contribution is -2.39. The number of carbonyl (C=O) groups is 1. The van der Waals surface area contributed by atoms with Crippen LogP contribution in [-0.4, -0.2) is 25.0 Å². The maximum Gasteiger partial charge on any atom is 0.257 e. The van der Waals surface area contributed by atoms with Crippen LogP contribution in [0.2, 0.25) is 0 Å². The molecule has 2 unspecified atom stereocenters. The molecule has 2 N–H and O–H groups in total. The first-order chi connectivity index (χ1) is 8.99. The molecule has 1 aromatic carbocycles. The van der Waals surface area contributed by atoms with E-state index in [1.807, 2.05) is 0 Å². The van der Waals surface area contributed by atoms with Crippen molar-refractivity contribution in [2.24, 2.45) is 5.92 Å². The Morgan fingerprint density at radius 2 is 2.00 bits per heavy atom. The van der Waals surface area contributed by atoms with E-state index in [9.17, 15) is 18.0 Å². The van der Waals surface area contributed by atoms with E-state index >= 15 is 0 Å². The summed E-state index contributed by atoms with van der Waals surface area (Å²) in [6.45, 7) is 3.41. The predicted molar refractivity (Wildman–Crippen MR) is 64.2 cm³/mol. The zero-order valence-electron chi connectivity index (χ0n) is 10.5. The third-order valence-corrected chi connectivity index (χ3v) is 3.40. The van der Waals surface area contributed by atoms with Gasteiger partial charge < -0.3 is 10.6 Å². The molecular formula is C13H15F3N2O. The summed E-state index contributed by atoms with van der Waals surface area (Å²) < 4.78 is 39.6. The van der Waals surface area contributed by atoms with Crippen LogP contribution >= 0.6 is 0 Å². The third-order valence-electron chi connectivity index (χ3n) is 3.40. The Hall–Kier alpha value is -1.56. The number of nitrogens with one attached hydrogen (secondary N) is 2. The average molecular weight is 272 g/mol. The van der Waals surface area contributed by atoms with Gasteiger partial charge in [-0.05, 0) is 32.4 Å². The van der Waals surface area contributed by atoms with E-state index in [1.165, 1.54) is 0 Å². The Bertz CT molecular complexity index is 464. The quantitative estimate of drug-likeness (QED) is 0.881. The first-order valence-electron chi connectivity index (χ1n) is 6.15. The predicted octanol–water partition coefficient (Wildman–Crippen LogP) is 1.83. The van der Waals surface area contributed by atoms with Gasteiger partial charge in [-0.3, -0.25) is 4.79 Å². The highest BCUT2D eigenvalue weighted by Gasteiger charge is 2.25. The van der Waals surface area contributed by atoms with E-state index in [-0.39, 0.29) is 12.0 Å².